The number of thioether (sulfide) groups is 1. The Morgan fingerprint density at radius 3 is 2.50 bits per heavy atom. The van der Waals surface area contributed by atoms with Gasteiger partial charge in [0.05, 0.1) is 11.5 Å². The molecule has 1 aliphatic heterocycles. The smallest absolute Gasteiger partial charge is 0.158 e. The Bertz CT molecular complexity index is 318. The molecule has 0 aliphatic carbocycles. The molecule has 0 aromatic heterocycles. The summed E-state index contributed by atoms with van der Waals surface area (Å²) in [5.41, 5.74) is 0. The summed E-state index contributed by atoms with van der Waals surface area (Å²) in [7, 11) is -2.76. The summed E-state index contributed by atoms with van der Waals surface area (Å²) in [6.45, 7) is 2.23. The lowest BCUT2D eigenvalue weighted by atomic mass is 10.1. The van der Waals surface area contributed by atoms with Crippen LogP contribution in [0.3, 0.4) is 0 Å². The molecule has 0 saturated carbocycles. The van der Waals surface area contributed by atoms with E-state index in [0.29, 0.717) is 0 Å². The zero-order valence-electron chi connectivity index (χ0n) is 10.1. The molecule has 1 heterocycles. The Labute approximate surface area is 104 Å². The molecule has 0 saturated heterocycles. The summed E-state index contributed by atoms with van der Waals surface area (Å²) < 4.78 is 22.4. The molecule has 0 radical (unpaired) electrons. The quantitative estimate of drug-likeness (QED) is 0.629. The van der Waals surface area contributed by atoms with E-state index in [1.165, 1.54) is 38.5 Å². The zero-order chi connectivity index (χ0) is 11.9. The first-order valence-electron chi connectivity index (χ1n) is 6.16. The van der Waals surface area contributed by atoms with Crippen LogP contribution in [-0.4, -0.2) is 25.7 Å². The van der Waals surface area contributed by atoms with Gasteiger partial charge in [0.25, 0.3) is 0 Å². The van der Waals surface area contributed by atoms with Crippen molar-refractivity contribution >= 4 is 21.6 Å². The highest BCUT2D eigenvalue weighted by molar-refractivity contribution is 8.04. The average Bonchev–Trinajstić information content (AvgIpc) is 2.57. The number of sulfone groups is 1. The van der Waals surface area contributed by atoms with E-state index in [1.807, 2.05) is 6.08 Å². The van der Waals surface area contributed by atoms with Crippen molar-refractivity contribution in [1.29, 1.82) is 0 Å². The first-order valence-corrected chi connectivity index (χ1v) is 8.97. The van der Waals surface area contributed by atoms with Gasteiger partial charge in [-0.05, 0) is 17.1 Å². The van der Waals surface area contributed by atoms with Gasteiger partial charge in [0.15, 0.2) is 9.84 Å². The fraction of sp³-hybridized carbons (Fsp3) is 0.833. The predicted molar refractivity (Wildman–Crippen MR) is 72.6 cm³/mol. The fourth-order valence-electron chi connectivity index (χ4n) is 1.74. The summed E-state index contributed by atoms with van der Waals surface area (Å²) in [4.78, 5) is 1.06. The van der Waals surface area contributed by atoms with Gasteiger partial charge >= 0.3 is 0 Å². The second-order valence-corrected chi connectivity index (χ2v) is 7.67. The SMILES string of the molecule is CCCCCCCCSC1=CCS(=O)(=O)C1. The first kappa shape index (κ1) is 14.1. The molecule has 0 atom stereocenters. The standard InChI is InChI=1S/C12H22O2S2/c1-2-3-4-5-6-7-9-15-12-8-10-16(13,14)11-12/h8H,2-7,9-11H2,1H3. The van der Waals surface area contributed by atoms with Crippen molar-refractivity contribution in [3.8, 4) is 0 Å². The number of rotatable bonds is 8. The molecular weight excluding hydrogens is 240 g/mol. The Balaban J connectivity index is 1.96. The van der Waals surface area contributed by atoms with Crippen LogP contribution in [0.15, 0.2) is 11.0 Å². The van der Waals surface area contributed by atoms with E-state index in [4.69, 9.17) is 0 Å². The van der Waals surface area contributed by atoms with E-state index >= 15 is 0 Å². The number of hydrogen-bond donors (Lipinski definition) is 0. The van der Waals surface area contributed by atoms with Crippen LogP contribution in [0, 0.1) is 0 Å². The Hall–Kier alpha value is 0.0400. The highest BCUT2D eigenvalue weighted by atomic mass is 32.2. The minimum absolute atomic E-state index is 0.256. The highest BCUT2D eigenvalue weighted by Gasteiger charge is 2.19. The molecule has 0 spiro atoms. The Morgan fingerprint density at radius 2 is 1.88 bits per heavy atom. The van der Waals surface area contributed by atoms with E-state index < -0.39 is 9.84 Å². The molecular formula is C12H22O2S2. The maximum atomic E-state index is 11.2. The first-order chi connectivity index (χ1) is 7.64. The van der Waals surface area contributed by atoms with Crippen LogP contribution in [0.2, 0.25) is 0 Å². The lowest BCUT2D eigenvalue weighted by molar-refractivity contribution is 0.603. The van der Waals surface area contributed by atoms with Gasteiger partial charge in [0, 0.05) is 0 Å². The van der Waals surface area contributed by atoms with Gasteiger partial charge in [0.2, 0.25) is 0 Å². The molecule has 0 unspecified atom stereocenters. The molecule has 0 aromatic carbocycles. The fourth-order valence-corrected chi connectivity index (χ4v) is 4.65. The van der Waals surface area contributed by atoms with Crippen molar-refractivity contribution in [3.05, 3.63) is 11.0 Å². The molecule has 4 heteroatoms. The van der Waals surface area contributed by atoms with Gasteiger partial charge < -0.3 is 0 Å². The molecule has 0 fully saturated rings. The van der Waals surface area contributed by atoms with E-state index in [9.17, 15) is 8.42 Å². The van der Waals surface area contributed by atoms with E-state index in [0.717, 1.165) is 10.7 Å². The second-order valence-electron chi connectivity index (χ2n) is 4.34. The third kappa shape index (κ3) is 5.94. The molecule has 16 heavy (non-hydrogen) atoms. The summed E-state index contributed by atoms with van der Waals surface area (Å²) >= 11 is 1.73. The van der Waals surface area contributed by atoms with Crippen molar-refractivity contribution in [2.75, 3.05) is 17.3 Å². The minimum atomic E-state index is -2.76. The lowest BCUT2D eigenvalue weighted by Crippen LogP contribution is -2.02. The molecule has 2 nitrogen and oxygen atoms in total. The van der Waals surface area contributed by atoms with E-state index in [2.05, 4.69) is 6.92 Å². The van der Waals surface area contributed by atoms with Crippen LogP contribution < -0.4 is 0 Å². The molecule has 0 bridgehead atoms. The average molecular weight is 262 g/mol. The third-order valence-electron chi connectivity index (χ3n) is 2.71. The largest absolute Gasteiger partial charge is 0.228 e. The molecule has 1 rings (SSSR count). The van der Waals surface area contributed by atoms with Crippen molar-refractivity contribution in [3.63, 3.8) is 0 Å². The zero-order valence-corrected chi connectivity index (χ0v) is 11.7. The maximum Gasteiger partial charge on any atom is 0.158 e. The summed E-state index contributed by atoms with van der Waals surface area (Å²) in [6, 6.07) is 0. The predicted octanol–water partition coefficient (Wildman–Crippen LogP) is 3.39. The normalized spacial score (nSPS) is 18.7. The van der Waals surface area contributed by atoms with Gasteiger partial charge in [-0.3, -0.25) is 0 Å². The Kier molecular flexibility index (Phi) is 6.51. The minimum Gasteiger partial charge on any atom is -0.228 e. The summed E-state index contributed by atoms with van der Waals surface area (Å²) in [5, 5.41) is 0. The van der Waals surface area contributed by atoms with Crippen molar-refractivity contribution in [2.45, 2.75) is 45.4 Å². The summed E-state index contributed by atoms with van der Waals surface area (Å²) in [6.07, 6.45) is 9.68. The van der Waals surface area contributed by atoms with Crippen LogP contribution >= 0.6 is 11.8 Å². The van der Waals surface area contributed by atoms with Crippen LogP contribution in [0.4, 0.5) is 0 Å². The number of hydrogen-bond acceptors (Lipinski definition) is 3. The van der Waals surface area contributed by atoms with Crippen LogP contribution in [0.25, 0.3) is 0 Å². The van der Waals surface area contributed by atoms with Crippen LogP contribution in [-0.2, 0) is 9.84 Å². The van der Waals surface area contributed by atoms with Crippen LogP contribution in [0.1, 0.15) is 45.4 Å². The van der Waals surface area contributed by atoms with Gasteiger partial charge in [0.1, 0.15) is 0 Å². The Morgan fingerprint density at radius 1 is 1.19 bits per heavy atom. The monoisotopic (exact) mass is 262 g/mol. The molecule has 94 valence electrons. The number of unbranched alkanes of at least 4 members (excludes halogenated alkanes) is 5. The van der Waals surface area contributed by atoms with E-state index in [-0.39, 0.29) is 11.5 Å². The van der Waals surface area contributed by atoms with Gasteiger partial charge in [-0.1, -0.05) is 45.1 Å². The highest BCUT2D eigenvalue weighted by Crippen LogP contribution is 2.24. The second kappa shape index (κ2) is 7.38. The van der Waals surface area contributed by atoms with Gasteiger partial charge in [-0.15, -0.1) is 11.8 Å². The third-order valence-corrected chi connectivity index (χ3v) is 5.50. The summed E-state index contributed by atoms with van der Waals surface area (Å²) in [5.74, 6) is 1.62. The van der Waals surface area contributed by atoms with Crippen molar-refractivity contribution < 1.29 is 8.42 Å². The van der Waals surface area contributed by atoms with Crippen LogP contribution in [0.5, 0.6) is 0 Å². The molecule has 0 N–H and O–H groups in total. The van der Waals surface area contributed by atoms with Crippen molar-refractivity contribution in [2.24, 2.45) is 0 Å². The molecule has 0 amide bonds. The van der Waals surface area contributed by atoms with Gasteiger partial charge in [-0.25, -0.2) is 8.42 Å². The molecule has 0 aromatic rings. The maximum absolute atomic E-state index is 11.2. The van der Waals surface area contributed by atoms with Crippen molar-refractivity contribution in [1.82, 2.24) is 0 Å². The lowest BCUT2D eigenvalue weighted by Gasteiger charge is -2.01. The topological polar surface area (TPSA) is 34.1 Å². The molecule has 1 aliphatic rings. The van der Waals surface area contributed by atoms with E-state index in [1.54, 1.807) is 11.8 Å². The van der Waals surface area contributed by atoms with Gasteiger partial charge in [-0.2, -0.15) is 0 Å².